The number of nitrogens with one attached hydrogen (secondary N) is 3. The molecule has 1 saturated heterocycles. The summed E-state index contributed by atoms with van der Waals surface area (Å²) in [6.07, 6.45) is -12.9. The summed E-state index contributed by atoms with van der Waals surface area (Å²) in [5, 5.41) is 23.4. The summed E-state index contributed by atoms with van der Waals surface area (Å²) in [4.78, 5) is 52.5. The quantitative estimate of drug-likeness (QED) is 0.0504. The summed E-state index contributed by atoms with van der Waals surface area (Å²) in [6.45, 7) is 1.08. The number of thioether (sulfide) groups is 1. The van der Waals surface area contributed by atoms with Gasteiger partial charge in [-0.2, -0.15) is 26.3 Å². The fourth-order valence-corrected chi connectivity index (χ4v) is 5.36. The van der Waals surface area contributed by atoms with E-state index >= 15 is 0 Å². The SMILES string of the molecule is CC1(C)C(=O)NC(=O)N1Cl.Cl.Nc1cc(S(=O)(=O)Cl)cnc1C(=O)NCC(O)C(F)(F)F.Nc1cc(SCc2ccccc2)cnc1C(=O)NCC(O)C(F)(F)F. The standard InChI is InChI=1S/C16H16F3N3O2S.C9H9ClF3N3O4S.C5H7ClN2O2.ClH/c17-16(18,19)13(23)8-22-15(24)14-12(20)6-11(7-21-14)25-9-10-4-2-1-3-5-10;10-21(19,20)4-1-5(14)7(15-2-4)8(18)16-3-6(17)9(11,12)13;1-5(2)3(9)7-4(10)8(5)6;/h1-7,13,23H,8-9,20H2,(H,22,24);1-2,6,17H,3,14H2,(H,16,18);1-2H3,(H,7,9,10);1H. The number of imide groups is 1. The predicted octanol–water partition coefficient (Wildman–Crippen LogP) is 3.75. The number of pyridine rings is 2. The van der Waals surface area contributed by atoms with E-state index in [1.165, 1.54) is 24.0 Å². The molecule has 0 aliphatic carbocycles. The van der Waals surface area contributed by atoms with Crippen molar-refractivity contribution >= 4 is 90.8 Å². The first-order valence-corrected chi connectivity index (χ1v) is 18.8. The first-order valence-electron chi connectivity index (χ1n) is 15.2. The van der Waals surface area contributed by atoms with Crippen molar-refractivity contribution in [3.63, 3.8) is 0 Å². The van der Waals surface area contributed by atoms with E-state index in [2.05, 4.69) is 15.3 Å². The minimum atomic E-state index is -4.89. The molecule has 0 bridgehead atoms. The fraction of sp³-hybridized carbons (Fsp3) is 0.333. The molecule has 57 heavy (non-hydrogen) atoms. The number of carbonyl (C=O) groups is 4. The Morgan fingerprint density at radius 3 is 1.72 bits per heavy atom. The Balaban J connectivity index is 0.000000458. The minimum absolute atomic E-state index is 0. The Morgan fingerprint density at radius 1 is 0.912 bits per heavy atom. The van der Waals surface area contributed by atoms with Gasteiger partial charge in [0.25, 0.3) is 26.8 Å². The molecule has 1 aromatic carbocycles. The van der Waals surface area contributed by atoms with Crippen LogP contribution < -0.4 is 27.4 Å². The lowest BCUT2D eigenvalue weighted by Gasteiger charge is -2.19. The molecule has 0 saturated carbocycles. The van der Waals surface area contributed by atoms with Gasteiger partial charge < -0.3 is 32.3 Å². The second-order valence-electron chi connectivity index (χ2n) is 11.6. The van der Waals surface area contributed by atoms with Gasteiger partial charge in [-0.15, -0.1) is 24.2 Å². The average Bonchev–Trinajstić information content (AvgIpc) is 3.28. The number of nitrogens with zero attached hydrogens (tertiary/aromatic N) is 3. The summed E-state index contributed by atoms with van der Waals surface area (Å²) in [5.41, 5.74) is 10.3. The van der Waals surface area contributed by atoms with Crippen LogP contribution in [0.1, 0.15) is 40.4 Å². The molecule has 1 fully saturated rings. The lowest BCUT2D eigenvalue weighted by atomic mass is 10.1. The Labute approximate surface area is 340 Å². The molecule has 9 N–H and O–H groups in total. The topological polar surface area (TPSA) is 260 Å². The first kappa shape index (κ1) is 50.7. The van der Waals surface area contributed by atoms with E-state index in [1.54, 1.807) is 19.2 Å². The molecule has 2 aromatic heterocycles. The molecule has 1 aliphatic heterocycles. The van der Waals surface area contributed by atoms with Crippen LogP contribution in [0.5, 0.6) is 0 Å². The normalized spacial score (nSPS) is 14.7. The molecule has 0 spiro atoms. The maximum absolute atomic E-state index is 12.2. The molecule has 3 aromatic rings. The Kier molecular flexibility index (Phi) is 18.6. The zero-order valence-electron chi connectivity index (χ0n) is 29.1. The largest absolute Gasteiger partial charge is 0.416 e. The van der Waals surface area contributed by atoms with Crippen molar-refractivity contribution in [1.82, 2.24) is 30.3 Å². The van der Waals surface area contributed by atoms with Crippen molar-refractivity contribution in [3.8, 4) is 0 Å². The second-order valence-corrected chi connectivity index (χ2v) is 15.5. The van der Waals surface area contributed by atoms with Crippen LogP contribution in [0.15, 0.2) is 64.6 Å². The number of nitrogens with two attached hydrogens (primary N) is 2. The Hall–Kier alpha value is -4.33. The zero-order chi connectivity index (χ0) is 42.8. The number of benzene rings is 1. The maximum Gasteiger partial charge on any atom is 0.416 e. The highest BCUT2D eigenvalue weighted by Gasteiger charge is 2.45. The molecule has 2 atom stereocenters. The van der Waals surface area contributed by atoms with Gasteiger partial charge in [-0.1, -0.05) is 30.3 Å². The highest BCUT2D eigenvalue weighted by Crippen LogP contribution is 2.26. The molecule has 1 aliphatic rings. The van der Waals surface area contributed by atoms with Crippen molar-refractivity contribution in [3.05, 3.63) is 71.8 Å². The van der Waals surface area contributed by atoms with Gasteiger partial charge >= 0.3 is 18.4 Å². The van der Waals surface area contributed by atoms with Crippen LogP contribution in [-0.2, 0) is 19.6 Å². The van der Waals surface area contributed by atoms with Gasteiger partial charge in [0, 0.05) is 45.5 Å². The number of carbonyl (C=O) groups excluding carboxylic acids is 4. The molecule has 316 valence electrons. The number of anilines is 2. The van der Waals surface area contributed by atoms with Crippen LogP contribution in [-0.4, -0.2) is 100.0 Å². The molecular formula is C30H33Cl3F6N8O8S2. The van der Waals surface area contributed by atoms with E-state index in [0.717, 1.165) is 27.1 Å². The molecule has 3 heterocycles. The van der Waals surface area contributed by atoms with E-state index in [1.807, 2.05) is 35.6 Å². The molecule has 27 heteroatoms. The van der Waals surface area contributed by atoms with Gasteiger partial charge in [0.05, 0.1) is 24.5 Å². The summed E-state index contributed by atoms with van der Waals surface area (Å²) in [6, 6.07) is 11.5. The summed E-state index contributed by atoms with van der Waals surface area (Å²) < 4.78 is 95.6. The third kappa shape index (κ3) is 15.5. The van der Waals surface area contributed by atoms with Crippen molar-refractivity contribution in [2.45, 2.75) is 59.5 Å². The van der Waals surface area contributed by atoms with Crippen LogP contribution in [0, 0.1) is 0 Å². The highest BCUT2D eigenvalue weighted by atomic mass is 35.7. The number of hydrogen-bond donors (Lipinski definition) is 7. The van der Waals surface area contributed by atoms with E-state index in [-0.39, 0.29) is 29.7 Å². The highest BCUT2D eigenvalue weighted by molar-refractivity contribution is 8.13. The number of aliphatic hydroxyl groups is 2. The van der Waals surface area contributed by atoms with Crippen molar-refractivity contribution in [2.75, 3.05) is 24.6 Å². The molecule has 0 radical (unpaired) electrons. The van der Waals surface area contributed by atoms with Gasteiger partial charge in [0.2, 0.25) is 0 Å². The molecule has 5 amide bonds. The van der Waals surface area contributed by atoms with Gasteiger partial charge in [-0.3, -0.25) is 19.7 Å². The smallest absolute Gasteiger partial charge is 0.397 e. The molecule has 2 unspecified atom stereocenters. The average molecular weight is 918 g/mol. The summed E-state index contributed by atoms with van der Waals surface area (Å²) in [7, 11) is 0.930. The summed E-state index contributed by atoms with van der Waals surface area (Å²) >= 11 is 6.92. The number of amides is 5. The van der Waals surface area contributed by atoms with Crippen molar-refractivity contribution < 1.29 is 64.2 Å². The monoisotopic (exact) mass is 916 g/mol. The second kappa shape index (κ2) is 20.9. The van der Waals surface area contributed by atoms with Gasteiger partial charge in [-0.25, -0.2) is 27.6 Å². The van der Waals surface area contributed by atoms with E-state index in [9.17, 15) is 53.9 Å². The Morgan fingerprint density at radius 2 is 1.37 bits per heavy atom. The summed E-state index contributed by atoms with van der Waals surface area (Å²) in [5.74, 6) is -1.66. The van der Waals surface area contributed by atoms with Crippen LogP contribution in [0.3, 0.4) is 0 Å². The van der Waals surface area contributed by atoms with E-state index < -0.39 is 86.4 Å². The lowest BCUT2D eigenvalue weighted by molar-refractivity contribution is -0.201. The molecule has 16 nitrogen and oxygen atoms in total. The van der Waals surface area contributed by atoms with Crippen molar-refractivity contribution in [1.29, 1.82) is 0 Å². The number of nitrogen functional groups attached to an aromatic ring is 2. The molecular weight excluding hydrogens is 885 g/mol. The van der Waals surface area contributed by atoms with Gasteiger partial charge in [0.1, 0.15) is 10.4 Å². The first-order chi connectivity index (χ1) is 25.7. The number of alkyl halides is 6. The lowest BCUT2D eigenvalue weighted by Crippen LogP contribution is -2.41. The molecule has 4 rings (SSSR count). The van der Waals surface area contributed by atoms with E-state index in [0.29, 0.717) is 5.75 Å². The number of rotatable bonds is 10. The third-order valence-corrected chi connectivity index (χ3v) is 9.79. The number of aromatic nitrogens is 2. The van der Waals surface area contributed by atoms with Crippen molar-refractivity contribution in [2.24, 2.45) is 0 Å². The van der Waals surface area contributed by atoms with E-state index in [4.69, 9.17) is 44.1 Å². The zero-order valence-corrected chi connectivity index (χ0v) is 33.0. The number of urea groups is 1. The van der Waals surface area contributed by atoms with Crippen LogP contribution in [0.2, 0.25) is 0 Å². The third-order valence-electron chi connectivity index (χ3n) is 6.86. The fourth-order valence-electron chi connectivity index (χ4n) is 3.68. The maximum atomic E-state index is 12.2. The predicted molar refractivity (Wildman–Crippen MR) is 198 cm³/mol. The Bertz CT molecular complexity index is 2000. The van der Waals surface area contributed by atoms with Gasteiger partial charge in [-0.05, 0) is 31.5 Å². The van der Waals surface area contributed by atoms with Crippen LogP contribution in [0.25, 0.3) is 0 Å². The minimum Gasteiger partial charge on any atom is -0.397 e. The van der Waals surface area contributed by atoms with Gasteiger partial charge in [0.15, 0.2) is 23.6 Å². The van der Waals surface area contributed by atoms with Crippen LogP contribution >= 0.6 is 46.6 Å². The number of halogens is 9. The number of hydrogen-bond acceptors (Lipinski definition) is 13. The number of aliphatic hydroxyl groups excluding tert-OH is 2. The van der Waals surface area contributed by atoms with Crippen LogP contribution in [0.4, 0.5) is 42.5 Å².